The molecule has 0 unspecified atom stereocenters. The molecule has 1 aromatic heterocycles. The number of aliphatic hydroxyl groups excluding tert-OH is 1. The Morgan fingerprint density at radius 3 is 3.00 bits per heavy atom. The molecule has 13 heavy (non-hydrogen) atoms. The van der Waals surface area contributed by atoms with E-state index >= 15 is 0 Å². The van der Waals surface area contributed by atoms with E-state index in [2.05, 4.69) is 4.98 Å². The molecule has 0 spiro atoms. The van der Waals surface area contributed by atoms with Gasteiger partial charge in [0.15, 0.2) is 11.4 Å². The highest BCUT2D eigenvalue weighted by Crippen LogP contribution is 2.26. The van der Waals surface area contributed by atoms with Crippen LogP contribution in [-0.4, -0.2) is 29.6 Å². The molecule has 1 N–H and O–H groups in total. The Labute approximate surface area is 84.1 Å². The van der Waals surface area contributed by atoms with E-state index in [0.717, 1.165) is 11.3 Å². The Bertz CT molecular complexity index is 289. The maximum absolute atomic E-state index is 10.4. The van der Waals surface area contributed by atoms with Crippen LogP contribution < -0.4 is 4.74 Å². The summed E-state index contributed by atoms with van der Waals surface area (Å²) in [6.45, 7) is 0.443. The Balaban J connectivity index is 2.52. The van der Waals surface area contributed by atoms with Gasteiger partial charge in [-0.3, -0.25) is 4.79 Å². The van der Waals surface area contributed by atoms with E-state index < -0.39 is 0 Å². The second kappa shape index (κ2) is 5.16. The molecule has 0 bridgehead atoms. The Morgan fingerprint density at radius 1 is 1.69 bits per heavy atom. The van der Waals surface area contributed by atoms with Gasteiger partial charge in [0, 0.05) is 13.0 Å². The van der Waals surface area contributed by atoms with Gasteiger partial charge in [-0.1, -0.05) is 22.9 Å². The van der Waals surface area contributed by atoms with Gasteiger partial charge in [0.2, 0.25) is 0 Å². The van der Waals surface area contributed by atoms with E-state index in [1.807, 2.05) is 0 Å². The van der Waals surface area contributed by atoms with Gasteiger partial charge in [0.1, 0.15) is 4.88 Å². The number of thiazole rings is 1. The SMILES string of the molecule is O=Cc1sc(OCCCO)nc1Cl. The number of aliphatic hydroxyl groups is 1. The third-order valence-electron chi connectivity index (χ3n) is 1.23. The second-order valence-corrected chi connectivity index (χ2v) is 3.53. The van der Waals surface area contributed by atoms with Gasteiger partial charge in [-0.25, -0.2) is 0 Å². The fourth-order valence-corrected chi connectivity index (χ4v) is 1.59. The number of carbonyl (C=O) groups excluding carboxylic acids is 1. The average molecular weight is 222 g/mol. The van der Waals surface area contributed by atoms with Crippen molar-refractivity contribution in [2.75, 3.05) is 13.2 Å². The van der Waals surface area contributed by atoms with E-state index in [0.29, 0.717) is 29.4 Å². The summed E-state index contributed by atoms with van der Waals surface area (Å²) in [5.41, 5.74) is 0. The van der Waals surface area contributed by atoms with Crippen LogP contribution in [0, 0.1) is 0 Å². The van der Waals surface area contributed by atoms with Crippen molar-refractivity contribution in [1.29, 1.82) is 0 Å². The van der Waals surface area contributed by atoms with Crippen LogP contribution in [0.15, 0.2) is 0 Å². The zero-order valence-electron chi connectivity index (χ0n) is 6.70. The highest BCUT2D eigenvalue weighted by molar-refractivity contribution is 7.15. The predicted molar refractivity (Wildman–Crippen MR) is 49.7 cm³/mol. The lowest BCUT2D eigenvalue weighted by Crippen LogP contribution is -1.98. The van der Waals surface area contributed by atoms with E-state index in [1.165, 1.54) is 0 Å². The molecule has 0 saturated carbocycles. The van der Waals surface area contributed by atoms with Gasteiger partial charge in [-0.15, -0.1) is 0 Å². The molecule has 0 aromatic carbocycles. The molecule has 1 rings (SSSR count). The Kier molecular flexibility index (Phi) is 4.14. The molecule has 0 aliphatic rings. The molecule has 0 aliphatic heterocycles. The summed E-state index contributed by atoms with van der Waals surface area (Å²) >= 11 is 6.69. The smallest absolute Gasteiger partial charge is 0.275 e. The van der Waals surface area contributed by atoms with Crippen molar-refractivity contribution in [2.24, 2.45) is 0 Å². The van der Waals surface area contributed by atoms with Crippen molar-refractivity contribution in [3.63, 3.8) is 0 Å². The number of nitrogens with zero attached hydrogens (tertiary/aromatic N) is 1. The van der Waals surface area contributed by atoms with Crippen molar-refractivity contribution in [3.05, 3.63) is 10.0 Å². The fourth-order valence-electron chi connectivity index (χ4n) is 0.653. The molecule has 72 valence electrons. The predicted octanol–water partition coefficient (Wildman–Crippen LogP) is 1.37. The van der Waals surface area contributed by atoms with Gasteiger partial charge in [0.05, 0.1) is 6.61 Å². The van der Waals surface area contributed by atoms with E-state index in [1.54, 1.807) is 0 Å². The number of hydrogen-bond acceptors (Lipinski definition) is 5. The molecule has 0 radical (unpaired) electrons. The van der Waals surface area contributed by atoms with Crippen molar-refractivity contribution in [1.82, 2.24) is 4.98 Å². The molecule has 0 fully saturated rings. The first-order valence-corrected chi connectivity index (χ1v) is 4.82. The Morgan fingerprint density at radius 2 is 2.46 bits per heavy atom. The molecular formula is C7H8ClNO3S. The molecule has 1 heterocycles. The first-order valence-electron chi connectivity index (χ1n) is 3.63. The summed E-state index contributed by atoms with van der Waals surface area (Å²) in [6, 6.07) is 0. The van der Waals surface area contributed by atoms with Crippen LogP contribution >= 0.6 is 22.9 Å². The zero-order chi connectivity index (χ0) is 9.68. The van der Waals surface area contributed by atoms with E-state index in [4.69, 9.17) is 21.4 Å². The number of aldehydes is 1. The van der Waals surface area contributed by atoms with Crippen molar-refractivity contribution >= 4 is 29.2 Å². The number of halogens is 1. The summed E-state index contributed by atoms with van der Waals surface area (Å²) in [6.07, 6.45) is 1.17. The lowest BCUT2D eigenvalue weighted by atomic mass is 10.5. The monoisotopic (exact) mass is 221 g/mol. The minimum atomic E-state index is 0.0691. The first kappa shape index (κ1) is 10.4. The zero-order valence-corrected chi connectivity index (χ0v) is 8.27. The highest BCUT2D eigenvalue weighted by atomic mass is 35.5. The quantitative estimate of drug-likeness (QED) is 0.603. The minimum absolute atomic E-state index is 0.0691. The third kappa shape index (κ3) is 2.95. The van der Waals surface area contributed by atoms with Gasteiger partial charge in [-0.05, 0) is 0 Å². The summed E-state index contributed by atoms with van der Waals surface area (Å²) in [5.74, 6) is 0. The average Bonchev–Trinajstić information content (AvgIpc) is 2.47. The maximum Gasteiger partial charge on any atom is 0.275 e. The second-order valence-electron chi connectivity index (χ2n) is 2.18. The number of aromatic nitrogens is 1. The standard InChI is InChI=1S/C7H8ClNO3S/c8-6-5(4-11)13-7(9-6)12-3-1-2-10/h4,10H,1-3H2. The van der Waals surface area contributed by atoms with Crippen LogP contribution in [0.25, 0.3) is 0 Å². The first-order chi connectivity index (χ1) is 6.27. The largest absolute Gasteiger partial charge is 0.470 e. The minimum Gasteiger partial charge on any atom is -0.470 e. The summed E-state index contributed by atoms with van der Waals surface area (Å²) in [4.78, 5) is 14.5. The maximum atomic E-state index is 10.4. The van der Waals surface area contributed by atoms with E-state index in [-0.39, 0.29) is 11.8 Å². The molecular weight excluding hydrogens is 214 g/mol. The van der Waals surface area contributed by atoms with E-state index in [9.17, 15) is 4.79 Å². The summed E-state index contributed by atoms with van der Waals surface area (Å²) in [7, 11) is 0. The summed E-state index contributed by atoms with van der Waals surface area (Å²) in [5, 5.41) is 9.00. The fraction of sp³-hybridized carbons (Fsp3) is 0.429. The molecule has 1 aromatic rings. The van der Waals surface area contributed by atoms with Crippen molar-refractivity contribution < 1.29 is 14.6 Å². The van der Waals surface area contributed by atoms with Crippen molar-refractivity contribution in [3.8, 4) is 5.19 Å². The van der Waals surface area contributed by atoms with Crippen molar-refractivity contribution in [2.45, 2.75) is 6.42 Å². The topological polar surface area (TPSA) is 59.4 Å². The van der Waals surface area contributed by atoms with Gasteiger partial charge >= 0.3 is 0 Å². The van der Waals surface area contributed by atoms with Crippen LogP contribution in [-0.2, 0) is 0 Å². The molecule has 0 amide bonds. The lowest BCUT2D eigenvalue weighted by Gasteiger charge is -1.97. The molecule has 0 aliphatic carbocycles. The molecule has 0 saturated heterocycles. The molecule has 4 nitrogen and oxygen atoms in total. The van der Waals surface area contributed by atoms with Crippen LogP contribution in [0.2, 0.25) is 5.15 Å². The lowest BCUT2D eigenvalue weighted by molar-refractivity contribution is 0.112. The van der Waals surface area contributed by atoms with Gasteiger partial charge in [-0.2, -0.15) is 4.98 Å². The van der Waals surface area contributed by atoms with Crippen LogP contribution in [0.4, 0.5) is 0 Å². The normalized spacial score (nSPS) is 10.0. The van der Waals surface area contributed by atoms with Gasteiger partial charge < -0.3 is 9.84 Å². The van der Waals surface area contributed by atoms with Crippen LogP contribution in [0.5, 0.6) is 5.19 Å². The Hall–Kier alpha value is -0.650. The number of hydrogen-bond donors (Lipinski definition) is 1. The van der Waals surface area contributed by atoms with Crippen LogP contribution in [0.1, 0.15) is 16.1 Å². The molecule has 6 heteroatoms. The number of carbonyl (C=O) groups is 1. The highest BCUT2D eigenvalue weighted by Gasteiger charge is 2.08. The number of rotatable bonds is 5. The number of ether oxygens (including phenoxy) is 1. The third-order valence-corrected chi connectivity index (χ3v) is 2.52. The van der Waals surface area contributed by atoms with Crippen LogP contribution in [0.3, 0.4) is 0 Å². The summed E-state index contributed by atoms with van der Waals surface area (Å²) < 4.78 is 5.11. The van der Waals surface area contributed by atoms with Gasteiger partial charge in [0.25, 0.3) is 5.19 Å². The molecule has 0 atom stereocenters.